The summed E-state index contributed by atoms with van der Waals surface area (Å²) in [5.74, 6) is 0.810. The highest BCUT2D eigenvalue weighted by Crippen LogP contribution is 2.23. The van der Waals surface area contributed by atoms with Gasteiger partial charge < -0.3 is 10.6 Å². The van der Waals surface area contributed by atoms with Crippen molar-refractivity contribution in [3.63, 3.8) is 0 Å². The summed E-state index contributed by atoms with van der Waals surface area (Å²) in [6.07, 6.45) is 2.66. The van der Waals surface area contributed by atoms with E-state index in [1.165, 1.54) is 31.6 Å². The van der Waals surface area contributed by atoms with E-state index in [9.17, 15) is 0 Å². The van der Waals surface area contributed by atoms with Gasteiger partial charge >= 0.3 is 0 Å². The van der Waals surface area contributed by atoms with Crippen LogP contribution in [0.4, 0.5) is 11.4 Å². The van der Waals surface area contributed by atoms with Gasteiger partial charge in [-0.05, 0) is 37.0 Å². The number of rotatable bonds is 1. The molecule has 0 radical (unpaired) electrons. The Morgan fingerprint density at radius 3 is 3.00 bits per heavy atom. The van der Waals surface area contributed by atoms with Crippen LogP contribution in [0.5, 0.6) is 0 Å². The van der Waals surface area contributed by atoms with Crippen LogP contribution < -0.4 is 10.6 Å². The quantitative estimate of drug-likeness (QED) is 0.689. The molecule has 1 aromatic rings. The van der Waals surface area contributed by atoms with Gasteiger partial charge in [-0.2, -0.15) is 0 Å². The molecule has 0 aromatic heterocycles. The van der Waals surface area contributed by atoms with E-state index in [-0.39, 0.29) is 0 Å². The fraction of sp³-hybridized carbons (Fsp3) is 0.500. The van der Waals surface area contributed by atoms with Crippen molar-refractivity contribution in [3.8, 4) is 0 Å². The predicted octanol–water partition coefficient (Wildman–Crippen LogP) is 2.51. The van der Waals surface area contributed by atoms with Crippen LogP contribution in [0.3, 0.4) is 0 Å². The highest BCUT2D eigenvalue weighted by atomic mass is 15.1. The summed E-state index contributed by atoms with van der Waals surface area (Å²) in [5.41, 5.74) is 7.91. The standard InChI is InChI=1S/C12H18N2/c1-10-4-3-7-14(9-10)12-6-2-5-11(13)8-12/h2,5-6,8,10H,3-4,7,9,13H2,1H3. The van der Waals surface area contributed by atoms with Crippen LogP contribution in [-0.4, -0.2) is 13.1 Å². The van der Waals surface area contributed by atoms with Gasteiger partial charge in [0.2, 0.25) is 0 Å². The maximum atomic E-state index is 5.77. The molecule has 2 nitrogen and oxygen atoms in total. The van der Waals surface area contributed by atoms with Gasteiger partial charge in [0.05, 0.1) is 0 Å². The molecule has 1 unspecified atom stereocenters. The lowest BCUT2D eigenvalue weighted by atomic mass is 10.00. The molecule has 0 spiro atoms. The van der Waals surface area contributed by atoms with E-state index >= 15 is 0 Å². The molecule has 2 rings (SSSR count). The second kappa shape index (κ2) is 3.91. The lowest BCUT2D eigenvalue weighted by Crippen LogP contribution is -2.34. The van der Waals surface area contributed by atoms with Crippen molar-refractivity contribution in [1.29, 1.82) is 0 Å². The molecular weight excluding hydrogens is 172 g/mol. The van der Waals surface area contributed by atoms with Crippen LogP contribution in [0.25, 0.3) is 0 Å². The Balaban J connectivity index is 2.14. The van der Waals surface area contributed by atoms with Crippen molar-refractivity contribution in [3.05, 3.63) is 24.3 Å². The van der Waals surface area contributed by atoms with Gasteiger partial charge in [-0.25, -0.2) is 0 Å². The number of nitrogens with zero attached hydrogens (tertiary/aromatic N) is 1. The van der Waals surface area contributed by atoms with Gasteiger partial charge in [-0.15, -0.1) is 0 Å². The Morgan fingerprint density at radius 2 is 2.29 bits per heavy atom. The molecule has 14 heavy (non-hydrogen) atoms. The number of nitrogens with two attached hydrogens (primary N) is 1. The summed E-state index contributed by atoms with van der Waals surface area (Å²) in [5, 5.41) is 0. The molecule has 2 heteroatoms. The zero-order valence-corrected chi connectivity index (χ0v) is 8.74. The zero-order valence-electron chi connectivity index (χ0n) is 8.74. The van der Waals surface area contributed by atoms with E-state index in [1.807, 2.05) is 12.1 Å². The van der Waals surface area contributed by atoms with Crippen molar-refractivity contribution < 1.29 is 0 Å². The van der Waals surface area contributed by atoms with E-state index in [0.29, 0.717) is 0 Å². The third kappa shape index (κ3) is 2.00. The van der Waals surface area contributed by atoms with Gasteiger partial charge in [-0.3, -0.25) is 0 Å². The molecule has 0 amide bonds. The molecule has 1 fully saturated rings. The van der Waals surface area contributed by atoms with Gasteiger partial charge in [-0.1, -0.05) is 13.0 Å². The molecule has 1 saturated heterocycles. The van der Waals surface area contributed by atoms with Crippen LogP contribution in [0, 0.1) is 5.92 Å². The lowest BCUT2D eigenvalue weighted by molar-refractivity contribution is 0.447. The summed E-state index contributed by atoms with van der Waals surface area (Å²) in [4.78, 5) is 2.44. The van der Waals surface area contributed by atoms with E-state index in [2.05, 4.69) is 24.0 Å². The second-order valence-electron chi connectivity index (χ2n) is 4.29. The molecule has 1 heterocycles. The monoisotopic (exact) mass is 190 g/mol. The number of anilines is 2. The molecule has 1 aliphatic rings. The zero-order chi connectivity index (χ0) is 9.97. The number of benzene rings is 1. The summed E-state index contributed by atoms with van der Waals surface area (Å²) in [7, 11) is 0. The predicted molar refractivity (Wildman–Crippen MR) is 61.5 cm³/mol. The summed E-state index contributed by atoms with van der Waals surface area (Å²) in [6.45, 7) is 4.66. The van der Waals surface area contributed by atoms with Crippen molar-refractivity contribution in [2.45, 2.75) is 19.8 Å². The Kier molecular flexibility index (Phi) is 2.62. The Labute approximate surface area is 85.7 Å². The number of hydrogen-bond acceptors (Lipinski definition) is 2. The SMILES string of the molecule is CC1CCCN(c2cccc(N)c2)C1. The molecule has 0 bridgehead atoms. The highest BCUT2D eigenvalue weighted by molar-refractivity contribution is 5.56. The van der Waals surface area contributed by atoms with Crippen LogP contribution in [0.1, 0.15) is 19.8 Å². The first-order valence-electron chi connectivity index (χ1n) is 5.36. The normalized spacial score (nSPS) is 22.4. The molecule has 0 saturated carbocycles. The third-order valence-electron chi connectivity index (χ3n) is 2.89. The molecule has 1 aliphatic heterocycles. The van der Waals surface area contributed by atoms with Crippen LogP contribution >= 0.6 is 0 Å². The van der Waals surface area contributed by atoms with E-state index in [4.69, 9.17) is 5.73 Å². The fourth-order valence-corrected chi connectivity index (χ4v) is 2.15. The molecule has 2 N–H and O–H groups in total. The smallest absolute Gasteiger partial charge is 0.0386 e. The van der Waals surface area contributed by atoms with Gasteiger partial charge in [0.15, 0.2) is 0 Å². The molecule has 1 atom stereocenters. The minimum Gasteiger partial charge on any atom is -0.399 e. The number of hydrogen-bond donors (Lipinski definition) is 1. The Bertz CT molecular complexity index is 309. The average Bonchev–Trinajstić information content (AvgIpc) is 2.18. The maximum Gasteiger partial charge on any atom is 0.0386 e. The second-order valence-corrected chi connectivity index (χ2v) is 4.29. The topological polar surface area (TPSA) is 29.3 Å². The van der Waals surface area contributed by atoms with Crippen LogP contribution in [-0.2, 0) is 0 Å². The molecule has 0 aliphatic carbocycles. The lowest BCUT2D eigenvalue weighted by Gasteiger charge is -2.32. The van der Waals surface area contributed by atoms with Crippen molar-refractivity contribution >= 4 is 11.4 Å². The van der Waals surface area contributed by atoms with Crippen LogP contribution in [0.2, 0.25) is 0 Å². The third-order valence-corrected chi connectivity index (χ3v) is 2.89. The Morgan fingerprint density at radius 1 is 1.43 bits per heavy atom. The minimum absolute atomic E-state index is 0.810. The molecule has 1 aromatic carbocycles. The first-order valence-corrected chi connectivity index (χ1v) is 5.36. The van der Waals surface area contributed by atoms with Crippen LogP contribution in [0.15, 0.2) is 24.3 Å². The van der Waals surface area contributed by atoms with E-state index < -0.39 is 0 Å². The fourth-order valence-electron chi connectivity index (χ4n) is 2.15. The van der Waals surface area contributed by atoms with E-state index in [1.54, 1.807) is 0 Å². The van der Waals surface area contributed by atoms with Crippen molar-refractivity contribution in [2.75, 3.05) is 23.7 Å². The van der Waals surface area contributed by atoms with E-state index in [0.717, 1.165) is 11.6 Å². The maximum absolute atomic E-state index is 5.77. The van der Waals surface area contributed by atoms with Crippen molar-refractivity contribution in [2.24, 2.45) is 5.92 Å². The Hall–Kier alpha value is -1.18. The van der Waals surface area contributed by atoms with Gasteiger partial charge in [0.25, 0.3) is 0 Å². The minimum atomic E-state index is 0.810. The average molecular weight is 190 g/mol. The summed E-state index contributed by atoms with van der Waals surface area (Å²) in [6, 6.07) is 8.19. The van der Waals surface area contributed by atoms with Gasteiger partial charge in [0.1, 0.15) is 0 Å². The van der Waals surface area contributed by atoms with Gasteiger partial charge in [0, 0.05) is 24.5 Å². The largest absolute Gasteiger partial charge is 0.399 e. The summed E-state index contributed by atoms with van der Waals surface area (Å²) >= 11 is 0. The highest BCUT2D eigenvalue weighted by Gasteiger charge is 2.16. The molecule has 76 valence electrons. The number of piperidine rings is 1. The van der Waals surface area contributed by atoms with Crippen molar-refractivity contribution in [1.82, 2.24) is 0 Å². The first-order chi connectivity index (χ1) is 6.75. The first kappa shape index (κ1) is 9.38. The molecular formula is C12H18N2. The number of nitrogen functional groups attached to an aromatic ring is 1. The summed E-state index contributed by atoms with van der Waals surface area (Å²) < 4.78 is 0.